The van der Waals surface area contributed by atoms with E-state index in [0.29, 0.717) is 19.3 Å². The van der Waals surface area contributed by atoms with E-state index in [1.165, 1.54) is 0 Å². The Kier molecular flexibility index (Phi) is 5.56. The summed E-state index contributed by atoms with van der Waals surface area (Å²) in [5.41, 5.74) is -0.661. The molecule has 0 aromatic rings. The monoisotopic (exact) mass is 458 g/mol. The van der Waals surface area contributed by atoms with Crippen molar-refractivity contribution in [2.24, 2.45) is 28.6 Å². The van der Waals surface area contributed by atoms with Crippen LogP contribution in [-0.2, 0) is 23.8 Å². The molecule has 6 heteroatoms. The summed E-state index contributed by atoms with van der Waals surface area (Å²) in [7, 11) is 1.59. The average Bonchev–Trinajstić information content (AvgIpc) is 3.07. The number of methoxy groups -OCH3 is 1. The van der Waals surface area contributed by atoms with Crippen molar-refractivity contribution in [3.8, 4) is 0 Å². The summed E-state index contributed by atoms with van der Waals surface area (Å²) in [4.78, 5) is 25.5. The molecule has 5 aliphatic rings. The summed E-state index contributed by atoms with van der Waals surface area (Å²) in [6, 6.07) is 0. The molecule has 0 bridgehead atoms. The molecule has 5 rings (SSSR count). The fraction of sp³-hybridized carbons (Fsp3) is 0.778. The van der Waals surface area contributed by atoms with Crippen LogP contribution in [0.15, 0.2) is 23.8 Å². The van der Waals surface area contributed by atoms with Crippen molar-refractivity contribution >= 4 is 11.6 Å². The third-order valence-electron chi connectivity index (χ3n) is 9.97. The molecule has 3 saturated carbocycles. The maximum Gasteiger partial charge on any atom is 0.284 e. The van der Waals surface area contributed by atoms with Crippen molar-refractivity contribution in [1.29, 1.82) is 0 Å². The molecule has 0 aromatic heterocycles. The number of aliphatic hydroxyl groups excluding tert-OH is 1. The molecule has 1 aliphatic heterocycles. The molecule has 33 heavy (non-hydrogen) atoms. The topological polar surface area (TPSA) is 82.1 Å². The molecule has 182 valence electrons. The normalized spacial score (nSPS) is 48.9. The van der Waals surface area contributed by atoms with Gasteiger partial charge in [0, 0.05) is 30.3 Å². The molecule has 0 unspecified atom stereocenters. The van der Waals surface area contributed by atoms with Crippen LogP contribution in [0.3, 0.4) is 0 Å². The van der Waals surface area contributed by atoms with Crippen molar-refractivity contribution in [2.45, 2.75) is 89.8 Å². The predicted octanol–water partition coefficient (Wildman–Crippen LogP) is 4.11. The summed E-state index contributed by atoms with van der Waals surface area (Å²) >= 11 is 0. The minimum Gasteiger partial charge on any atom is -0.393 e. The number of ketones is 2. The number of carbonyl (C=O) groups is 2. The van der Waals surface area contributed by atoms with Gasteiger partial charge < -0.3 is 19.3 Å². The quantitative estimate of drug-likeness (QED) is 0.683. The smallest absolute Gasteiger partial charge is 0.284 e. The number of aliphatic hydroxyl groups is 1. The second kappa shape index (κ2) is 7.84. The number of Topliss-reactive ketones (excluding diaryl/α,β-unsaturated/α-hetero) is 1. The van der Waals surface area contributed by atoms with Crippen molar-refractivity contribution in [2.75, 3.05) is 13.7 Å². The van der Waals surface area contributed by atoms with Crippen molar-refractivity contribution in [3.63, 3.8) is 0 Å². The van der Waals surface area contributed by atoms with E-state index in [4.69, 9.17) is 14.2 Å². The van der Waals surface area contributed by atoms with Gasteiger partial charge in [0.05, 0.1) is 6.10 Å². The molecule has 0 radical (unpaired) electrons. The highest BCUT2D eigenvalue weighted by Crippen LogP contribution is 2.68. The lowest BCUT2D eigenvalue weighted by atomic mass is 9.46. The summed E-state index contributed by atoms with van der Waals surface area (Å²) in [6.07, 6.45) is 11.1. The number of rotatable bonds is 4. The number of unbranched alkanes of at least 4 members (excludes halogenated alkanes) is 1. The van der Waals surface area contributed by atoms with Crippen LogP contribution in [0.25, 0.3) is 0 Å². The summed E-state index contributed by atoms with van der Waals surface area (Å²) < 4.78 is 18.3. The highest BCUT2D eigenvalue weighted by atomic mass is 16.9. The maximum atomic E-state index is 13.5. The molecule has 1 spiro atoms. The van der Waals surface area contributed by atoms with Crippen LogP contribution in [0.1, 0.15) is 72.1 Å². The first-order valence-corrected chi connectivity index (χ1v) is 12.7. The molecule has 1 N–H and O–H groups in total. The van der Waals surface area contributed by atoms with Gasteiger partial charge in [0.25, 0.3) is 5.97 Å². The number of hydrogen-bond donors (Lipinski definition) is 1. The minimum absolute atomic E-state index is 0.0144. The van der Waals surface area contributed by atoms with Gasteiger partial charge >= 0.3 is 0 Å². The zero-order valence-electron chi connectivity index (χ0n) is 20.4. The highest BCUT2D eigenvalue weighted by Gasteiger charge is 2.71. The second-order valence-electron chi connectivity index (χ2n) is 11.4. The number of hydrogen-bond acceptors (Lipinski definition) is 6. The van der Waals surface area contributed by atoms with E-state index in [0.717, 1.165) is 37.7 Å². The Hall–Kier alpha value is -1.34. The molecular formula is C27H38O6. The van der Waals surface area contributed by atoms with E-state index in [-0.39, 0.29) is 41.3 Å². The molecular weight excluding hydrogens is 420 g/mol. The third kappa shape index (κ3) is 3.13. The lowest BCUT2D eigenvalue weighted by Crippen LogP contribution is -2.67. The first-order valence-electron chi connectivity index (χ1n) is 12.7. The average molecular weight is 459 g/mol. The van der Waals surface area contributed by atoms with Gasteiger partial charge in [-0.2, -0.15) is 0 Å². The first-order chi connectivity index (χ1) is 15.6. The summed E-state index contributed by atoms with van der Waals surface area (Å²) in [5, 5.41) is 11.6. The van der Waals surface area contributed by atoms with Gasteiger partial charge in [-0.15, -0.1) is 0 Å². The predicted molar refractivity (Wildman–Crippen MR) is 122 cm³/mol. The van der Waals surface area contributed by atoms with Gasteiger partial charge in [0.15, 0.2) is 11.6 Å². The molecule has 1 heterocycles. The summed E-state index contributed by atoms with van der Waals surface area (Å²) in [6.45, 7) is 6.42. The molecule has 0 aromatic carbocycles. The Labute approximate surface area is 196 Å². The SMILES string of the molecule is CCCC[C@]1(OC)OCC(=O)[C@@]2(CC[C@@H]3[C@H]4CCC5=CC(=O)C=C[C@]5(C)[C@@H]4[C@@H](O)C[C@@]32C)O1. The number of fused-ring (bicyclic) bond motifs is 6. The van der Waals surface area contributed by atoms with Crippen LogP contribution in [-0.4, -0.2) is 48.1 Å². The largest absolute Gasteiger partial charge is 0.393 e. The Morgan fingerprint density at radius 2 is 2.03 bits per heavy atom. The van der Waals surface area contributed by atoms with Crippen LogP contribution in [0.2, 0.25) is 0 Å². The summed E-state index contributed by atoms with van der Waals surface area (Å²) in [5.74, 6) is -0.613. The van der Waals surface area contributed by atoms with Gasteiger partial charge in [-0.05, 0) is 62.5 Å². The van der Waals surface area contributed by atoms with Gasteiger partial charge in [0.2, 0.25) is 0 Å². The van der Waals surface area contributed by atoms with E-state index in [9.17, 15) is 14.7 Å². The fourth-order valence-corrected chi connectivity index (χ4v) is 8.30. The third-order valence-corrected chi connectivity index (χ3v) is 9.97. The number of allylic oxidation sites excluding steroid dienone is 4. The van der Waals surface area contributed by atoms with Crippen molar-refractivity contribution < 1.29 is 28.9 Å². The van der Waals surface area contributed by atoms with E-state index >= 15 is 0 Å². The van der Waals surface area contributed by atoms with E-state index in [1.807, 2.05) is 6.08 Å². The zero-order chi connectivity index (χ0) is 23.6. The Balaban J connectivity index is 1.51. The van der Waals surface area contributed by atoms with Crippen LogP contribution in [0.4, 0.5) is 0 Å². The second-order valence-corrected chi connectivity index (χ2v) is 11.4. The van der Waals surface area contributed by atoms with Gasteiger partial charge in [-0.3, -0.25) is 9.59 Å². The molecule has 8 atom stereocenters. The first kappa shape index (κ1) is 23.4. The van der Waals surface area contributed by atoms with E-state index in [1.54, 1.807) is 19.3 Å². The molecule has 6 nitrogen and oxygen atoms in total. The number of carbonyl (C=O) groups excluding carboxylic acids is 2. The van der Waals surface area contributed by atoms with Crippen LogP contribution in [0.5, 0.6) is 0 Å². The van der Waals surface area contributed by atoms with Crippen LogP contribution >= 0.6 is 0 Å². The Morgan fingerprint density at radius 3 is 2.76 bits per heavy atom. The van der Waals surface area contributed by atoms with E-state index in [2.05, 4.69) is 20.8 Å². The van der Waals surface area contributed by atoms with Crippen molar-refractivity contribution in [1.82, 2.24) is 0 Å². The van der Waals surface area contributed by atoms with Crippen molar-refractivity contribution in [3.05, 3.63) is 23.8 Å². The standard InChI is InChI=1S/C27H38O6/c1-5-6-11-27(31-4)32-16-22(30)26(33-27)13-10-20-19-8-7-17-14-18(28)9-12-24(17,2)23(19)21(29)15-25(20,26)3/h9,12,14,19-21,23,29H,5-8,10-11,13,15-16H2,1-4H3/t19-,20-,21+,23+,24+,25+,26-,27+/m1/s1. The molecule has 4 aliphatic carbocycles. The lowest BCUT2D eigenvalue weighted by molar-refractivity contribution is -0.426. The Bertz CT molecular complexity index is 908. The van der Waals surface area contributed by atoms with Gasteiger partial charge in [-0.25, -0.2) is 0 Å². The maximum absolute atomic E-state index is 13.5. The zero-order valence-corrected chi connectivity index (χ0v) is 20.4. The van der Waals surface area contributed by atoms with Gasteiger partial charge in [-0.1, -0.05) is 38.8 Å². The molecule has 1 saturated heterocycles. The fourth-order valence-electron chi connectivity index (χ4n) is 8.30. The van der Waals surface area contributed by atoms with E-state index < -0.39 is 23.1 Å². The highest BCUT2D eigenvalue weighted by molar-refractivity contribution is 6.01. The van der Waals surface area contributed by atoms with Crippen LogP contribution in [0, 0.1) is 28.6 Å². The number of ether oxygens (including phenoxy) is 3. The molecule has 0 amide bonds. The Morgan fingerprint density at radius 1 is 1.24 bits per heavy atom. The van der Waals surface area contributed by atoms with Gasteiger partial charge in [0.1, 0.15) is 12.2 Å². The lowest BCUT2D eigenvalue weighted by Gasteiger charge is -2.61. The van der Waals surface area contributed by atoms with Crippen LogP contribution < -0.4 is 0 Å². The minimum atomic E-state index is -1.20. The molecule has 4 fully saturated rings.